The lowest BCUT2D eigenvalue weighted by Gasteiger charge is -2.35. The van der Waals surface area contributed by atoms with E-state index in [1.165, 1.54) is 0 Å². The molecule has 1 aliphatic rings. The molecule has 1 aliphatic heterocycles. The molecule has 1 amide bonds. The van der Waals surface area contributed by atoms with Gasteiger partial charge in [0.1, 0.15) is 0 Å². The normalized spacial score (nSPS) is 16.5. The molecule has 2 heterocycles. The molecule has 0 spiro atoms. The maximum absolute atomic E-state index is 13.9. The van der Waals surface area contributed by atoms with Crippen molar-refractivity contribution in [2.75, 3.05) is 32.8 Å². The van der Waals surface area contributed by atoms with Gasteiger partial charge in [0.05, 0.1) is 30.7 Å². The molecule has 31 heavy (non-hydrogen) atoms. The molecule has 1 fully saturated rings. The molecule has 170 valence electrons. The Hall–Kier alpha value is -2.39. The topological polar surface area (TPSA) is 59.4 Å². The maximum atomic E-state index is 13.9. The van der Waals surface area contributed by atoms with Crippen molar-refractivity contribution >= 4 is 5.91 Å². The number of carbonyl (C=O) groups is 1. The Bertz CT molecular complexity index is 872. The van der Waals surface area contributed by atoms with Crippen LogP contribution >= 0.6 is 0 Å². The molecule has 1 saturated heterocycles. The van der Waals surface area contributed by atoms with Gasteiger partial charge >= 0.3 is 6.18 Å². The van der Waals surface area contributed by atoms with Crippen LogP contribution in [0.3, 0.4) is 0 Å². The predicted molar refractivity (Wildman–Crippen MR) is 111 cm³/mol. The van der Waals surface area contributed by atoms with Gasteiger partial charge in [0.15, 0.2) is 5.69 Å². The van der Waals surface area contributed by atoms with Crippen LogP contribution in [0.25, 0.3) is 5.69 Å². The molecule has 2 aromatic rings. The Kier molecular flexibility index (Phi) is 7.38. The van der Waals surface area contributed by atoms with E-state index in [0.29, 0.717) is 19.1 Å². The highest BCUT2D eigenvalue weighted by atomic mass is 19.4. The predicted octanol–water partition coefficient (Wildman–Crippen LogP) is 3.68. The maximum Gasteiger partial charge on any atom is 0.434 e. The summed E-state index contributed by atoms with van der Waals surface area (Å²) in [6.07, 6.45) is -2.91. The van der Waals surface area contributed by atoms with Crippen molar-refractivity contribution in [1.29, 1.82) is 0 Å². The summed E-state index contributed by atoms with van der Waals surface area (Å²) in [6.45, 7) is 9.00. The van der Waals surface area contributed by atoms with Gasteiger partial charge < -0.3 is 10.1 Å². The van der Waals surface area contributed by atoms with Crippen LogP contribution in [0.15, 0.2) is 30.5 Å². The number of aryl methyl sites for hydroxylation is 1. The zero-order valence-corrected chi connectivity index (χ0v) is 18.1. The molecule has 0 aliphatic carbocycles. The number of hydrogen-bond donors (Lipinski definition) is 1. The fraction of sp³-hybridized carbons (Fsp3) is 0.545. The van der Waals surface area contributed by atoms with Crippen LogP contribution in [0.1, 0.15) is 41.9 Å². The summed E-state index contributed by atoms with van der Waals surface area (Å²) in [7, 11) is 0. The number of hydrogen-bond acceptors (Lipinski definition) is 4. The second kappa shape index (κ2) is 9.82. The summed E-state index contributed by atoms with van der Waals surface area (Å²) in [5.74, 6) is -0.382. The van der Waals surface area contributed by atoms with Crippen molar-refractivity contribution in [3.63, 3.8) is 0 Å². The zero-order chi connectivity index (χ0) is 22.6. The SMILES string of the molecule is Cc1ccc(-n2ncc(C(=O)NCC(CC(C)C)N3CCOCC3)c2C(F)(F)F)cc1. The number of halogens is 3. The van der Waals surface area contributed by atoms with Crippen molar-refractivity contribution in [3.05, 3.63) is 47.3 Å². The van der Waals surface area contributed by atoms with Gasteiger partial charge in [0.25, 0.3) is 5.91 Å². The third kappa shape index (κ3) is 5.86. The van der Waals surface area contributed by atoms with Gasteiger partial charge in [-0.1, -0.05) is 31.5 Å². The number of alkyl halides is 3. The molecule has 6 nitrogen and oxygen atoms in total. The number of aromatic nitrogens is 2. The number of ether oxygens (including phenoxy) is 1. The van der Waals surface area contributed by atoms with Crippen molar-refractivity contribution in [1.82, 2.24) is 20.0 Å². The molecule has 1 atom stereocenters. The van der Waals surface area contributed by atoms with Gasteiger partial charge in [0.2, 0.25) is 0 Å². The van der Waals surface area contributed by atoms with Crippen LogP contribution in [0, 0.1) is 12.8 Å². The minimum atomic E-state index is -4.73. The fourth-order valence-corrected chi connectivity index (χ4v) is 3.82. The van der Waals surface area contributed by atoms with E-state index in [1.54, 1.807) is 24.3 Å². The van der Waals surface area contributed by atoms with Gasteiger partial charge in [-0.2, -0.15) is 18.3 Å². The quantitative estimate of drug-likeness (QED) is 0.717. The molecule has 1 aromatic carbocycles. The molecule has 3 rings (SSSR count). The molecule has 1 N–H and O–H groups in total. The van der Waals surface area contributed by atoms with E-state index in [2.05, 4.69) is 29.2 Å². The molecule has 0 bridgehead atoms. The van der Waals surface area contributed by atoms with Crippen molar-refractivity contribution in [2.45, 2.75) is 39.4 Å². The van der Waals surface area contributed by atoms with Crippen LogP contribution in [0.4, 0.5) is 13.2 Å². The lowest BCUT2D eigenvalue weighted by Crippen LogP contribution is -2.49. The number of amides is 1. The molecular formula is C22H29F3N4O2. The summed E-state index contributed by atoms with van der Waals surface area (Å²) in [4.78, 5) is 15.0. The van der Waals surface area contributed by atoms with Gasteiger partial charge in [-0.15, -0.1) is 0 Å². The number of morpholine rings is 1. The van der Waals surface area contributed by atoms with E-state index in [4.69, 9.17) is 4.74 Å². The number of benzene rings is 1. The molecule has 1 aromatic heterocycles. The van der Waals surface area contributed by atoms with E-state index in [-0.39, 0.29) is 18.3 Å². The van der Waals surface area contributed by atoms with E-state index >= 15 is 0 Å². The average Bonchev–Trinajstić information content (AvgIpc) is 3.18. The summed E-state index contributed by atoms with van der Waals surface area (Å²) >= 11 is 0. The van der Waals surface area contributed by atoms with Crippen LogP contribution in [-0.2, 0) is 10.9 Å². The first-order valence-corrected chi connectivity index (χ1v) is 10.5. The minimum Gasteiger partial charge on any atom is -0.379 e. The Morgan fingerprint density at radius 1 is 1.19 bits per heavy atom. The Morgan fingerprint density at radius 3 is 2.42 bits per heavy atom. The van der Waals surface area contributed by atoms with Crippen LogP contribution in [0.2, 0.25) is 0 Å². The first kappa shape index (κ1) is 23.3. The highest BCUT2D eigenvalue weighted by molar-refractivity contribution is 5.95. The lowest BCUT2D eigenvalue weighted by molar-refractivity contribution is -0.143. The first-order valence-electron chi connectivity index (χ1n) is 10.5. The van der Waals surface area contributed by atoms with Crippen LogP contribution in [0.5, 0.6) is 0 Å². The first-order chi connectivity index (χ1) is 14.7. The van der Waals surface area contributed by atoms with E-state index < -0.39 is 23.3 Å². The zero-order valence-electron chi connectivity index (χ0n) is 18.1. The largest absolute Gasteiger partial charge is 0.434 e. The van der Waals surface area contributed by atoms with Crippen molar-refractivity contribution in [2.24, 2.45) is 5.92 Å². The minimum absolute atomic E-state index is 0.0364. The Morgan fingerprint density at radius 2 is 1.84 bits per heavy atom. The average molecular weight is 438 g/mol. The van der Waals surface area contributed by atoms with Crippen molar-refractivity contribution in [3.8, 4) is 5.69 Å². The fourth-order valence-electron chi connectivity index (χ4n) is 3.82. The highest BCUT2D eigenvalue weighted by Crippen LogP contribution is 2.33. The summed E-state index contributed by atoms with van der Waals surface area (Å²) in [5, 5.41) is 6.59. The van der Waals surface area contributed by atoms with Gasteiger partial charge in [-0.3, -0.25) is 9.69 Å². The van der Waals surface area contributed by atoms with Gasteiger partial charge in [-0.05, 0) is 31.4 Å². The van der Waals surface area contributed by atoms with Gasteiger partial charge in [0, 0.05) is 25.7 Å². The summed E-state index contributed by atoms with van der Waals surface area (Å²) < 4.78 is 47.8. The van der Waals surface area contributed by atoms with Crippen molar-refractivity contribution < 1.29 is 22.7 Å². The Labute approximate surface area is 180 Å². The highest BCUT2D eigenvalue weighted by Gasteiger charge is 2.40. The third-order valence-corrected chi connectivity index (χ3v) is 5.36. The van der Waals surface area contributed by atoms with Crippen LogP contribution in [-0.4, -0.2) is 59.5 Å². The second-order valence-corrected chi connectivity index (χ2v) is 8.29. The van der Waals surface area contributed by atoms with Crippen LogP contribution < -0.4 is 5.32 Å². The third-order valence-electron chi connectivity index (χ3n) is 5.36. The number of rotatable bonds is 7. The molecule has 1 unspecified atom stereocenters. The standard InChI is InChI=1S/C22H29F3N4O2/c1-15(2)12-18(28-8-10-31-11-9-28)13-26-21(30)19-14-27-29(20(19)22(23,24)25)17-6-4-16(3)5-7-17/h4-7,14-15,18H,8-13H2,1-3H3,(H,26,30). The monoisotopic (exact) mass is 438 g/mol. The van der Waals surface area contributed by atoms with Gasteiger partial charge in [-0.25, -0.2) is 4.68 Å². The number of nitrogens with one attached hydrogen (secondary N) is 1. The molecular weight excluding hydrogens is 409 g/mol. The molecule has 0 saturated carbocycles. The smallest absolute Gasteiger partial charge is 0.379 e. The summed E-state index contributed by atoms with van der Waals surface area (Å²) in [6, 6.07) is 6.55. The lowest BCUT2D eigenvalue weighted by atomic mass is 10.0. The van der Waals surface area contributed by atoms with E-state index in [9.17, 15) is 18.0 Å². The molecule has 0 radical (unpaired) electrons. The summed E-state index contributed by atoms with van der Waals surface area (Å²) in [5.41, 5.74) is -0.372. The number of carbonyl (C=O) groups excluding carboxylic acids is 1. The molecule has 9 heteroatoms. The number of nitrogens with zero attached hydrogens (tertiary/aromatic N) is 3. The Balaban J connectivity index is 1.81. The second-order valence-electron chi connectivity index (χ2n) is 8.29. The van der Waals surface area contributed by atoms with E-state index in [0.717, 1.165) is 36.0 Å². The van der Waals surface area contributed by atoms with E-state index in [1.807, 2.05) is 6.92 Å².